The average molecular weight is 650 g/mol. The van der Waals surface area contributed by atoms with E-state index in [1.807, 2.05) is 4.57 Å². The maximum Gasteiger partial charge on any atom is 0.573 e. The van der Waals surface area contributed by atoms with E-state index in [0.717, 1.165) is 36.9 Å². The van der Waals surface area contributed by atoms with Gasteiger partial charge >= 0.3 is 12.5 Å². The number of alkyl halides is 6. The van der Waals surface area contributed by atoms with Crippen LogP contribution in [-0.4, -0.2) is 32.9 Å². The van der Waals surface area contributed by atoms with Crippen LogP contribution in [0.25, 0.3) is 11.0 Å². The zero-order valence-electron chi connectivity index (χ0n) is 25.2. The van der Waals surface area contributed by atoms with Crippen molar-refractivity contribution in [3.8, 4) is 11.5 Å². The van der Waals surface area contributed by atoms with Crippen molar-refractivity contribution in [2.75, 3.05) is 5.32 Å². The monoisotopic (exact) mass is 649 g/mol. The Balaban J connectivity index is 1.48. The van der Waals surface area contributed by atoms with Gasteiger partial charge in [-0.2, -0.15) is 13.2 Å². The highest BCUT2D eigenvalue weighted by atomic mass is 19.4. The van der Waals surface area contributed by atoms with Crippen molar-refractivity contribution in [3.05, 3.63) is 72.1 Å². The van der Waals surface area contributed by atoms with Crippen LogP contribution in [0, 0.1) is 11.3 Å². The number of carbonyl (C=O) groups is 1. The van der Waals surface area contributed by atoms with Gasteiger partial charge in [0.15, 0.2) is 6.10 Å². The number of aromatic nitrogens is 3. The molecule has 0 saturated heterocycles. The van der Waals surface area contributed by atoms with E-state index in [-0.39, 0.29) is 28.6 Å². The highest BCUT2D eigenvalue weighted by Gasteiger charge is 2.37. The number of nitrogens with two attached hydrogens (primary N) is 1. The minimum Gasteiger partial charge on any atom is -0.480 e. The van der Waals surface area contributed by atoms with Gasteiger partial charge in [-0.05, 0) is 79.1 Å². The van der Waals surface area contributed by atoms with Gasteiger partial charge in [-0.3, -0.25) is 9.78 Å². The molecule has 1 aliphatic rings. The average Bonchev–Trinajstić information content (AvgIpc) is 3.28. The minimum absolute atomic E-state index is 0.0224. The molecule has 46 heavy (non-hydrogen) atoms. The number of halogens is 6. The third kappa shape index (κ3) is 7.83. The van der Waals surface area contributed by atoms with Crippen LogP contribution in [0.15, 0.2) is 60.8 Å². The number of pyridine rings is 1. The maximum atomic E-state index is 13.5. The predicted molar refractivity (Wildman–Crippen MR) is 159 cm³/mol. The van der Waals surface area contributed by atoms with Gasteiger partial charge in [0, 0.05) is 30.4 Å². The molecule has 2 aromatic carbocycles. The van der Waals surface area contributed by atoms with E-state index in [1.54, 1.807) is 18.2 Å². The van der Waals surface area contributed by atoms with E-state index < -0.39 is 36.5 Å². The number of ether oxygens (including phenoxy) is 2. The Kier molecular flexibility index (Phi) is 8.84. The van der Waals surface area contributed by atoms with E-state index in [2.05, 4.69) is 35.8 Å². The molecular formula is C32H33F6N5O3. The van der Waals surface area contributed by atoms with Crippen molar-refractivity contribution < 1.29 is 40.6 Å². The molecule has 1 aliphatic carbocycles. The first-order valence-corrected chi connectivity index (χ1v) is 14.6. The molecule has 1 fully saturated rings. The lowest BCUT2D eigenvalue weighted by atomic mass is 9.70. The normalized spacial score (nSPS) is 19.1. The molecule has 8 nitrogen and oxygen atoms in total. The Morgan fingerprint density at radius 1 is 1.07 bits per heavy atom. The third-order valence-corrected chi connectivity index (χ3v) is 7.90. The van der Waals surface area contributed by atoms with Crippen LogP contribution in [-0.2, 0) is 17.4 Å². The van der Waals surface area contributed by atoms with Crippen LogP contribution in [0.5, 0.6) is 11.5 Å². The number of amides is 1. The largest absolute Gasteiger partial charge is 0.573 e. The number of hydrogen-bond acceptors (Lipinski definition) is 6. The molecule has 3 N–H and O–H groups in total. The molecule has 0 bridgehead atoms. The molecule has 246 valence electrons. The molecule has 2 aromatic heterocycles. The van der Waals surface area contributed by atoms with Gasteiger partial charge in [-0.15, -0.1) is 13.2 Å². The maximum absolute atomic E-state index is 13.5. The fourth-order valence-corrected chi connectivity index (χ4v) is 6.37. The van der Waals surface area contributed by atoms with E-state index in [0.29, 0.717) is 23.1 Å². The molecule has 0 aliphatic heterocycles. The highest BCUT2D eigenvalue weighted by Crippen LogP contribution is 2.46. The fourth-order valence-electron chi connectivity index (χ4n) is 6.37. The van der Waals surface area contributed by atoms with Crippen LogP contribution in [0.4, 0.5) is 38.0 Å². The van der Waals surface area contributed by atoms with Gasteiger partial charge in [0.05, 0.1) is 22.3 Å². The zero-order chi connectivity index (χ0) is 33.4. The smallest absolute Gasteiger partial charge is 0.480 e. The summed E-state index contributed by atoms with van der Waals surface area (Å²) in [7, 11) is 0. The van der Waals surface area contributed by atoms with Gasteiger partial charge in [-0.1, -0.05) is 20.8 Å². The number of anilines is 2. The summed E-state index contributed by atoms with van der Waals surface area (Å²) in [6, 6.07) is 12.2. The Morgan fingerprint density at radius 2 is 1.76 bits per heavy atom. The first kappa shape index (κ1) is 32.9. The number of primary amides is 1. The lowest BCUT2D eigenvalue weighted by Gasteiger charge is -2.40. The van der Waals surface area contributed by atoms with Gasteiger partial charge in [0.25, 0.3) is 5.91 Å². The molecule has 14 heteroatoms. The van der Waals surface area contributed by atoms with E-state index in [9.17, 15) is 31.1 Å². The van der Waals surface area contributed by atoms with Crippen LogP contribution in [0.3, 0.4) is 0 Å². The molecule has 0 spiro atoms. The fraction of sp³-hybridized carbons (Fsp3) is 0.406. The molecule has 0 radical (unpaired) electrons. The summed E-state index contributed by atoms with van der Waals surface area (Å²) in [5.41, 5.74) is 5.85. The van der Waals surface area contributed by atoms with Crippen LogP contribution < -0.4 is 20.5 Å². The second-order valence-electron chi connectivity index (χ2n) is 12.4. The Bertz CT molecular complexity index is 1700. The van der Waals surface area contributed by atoms with Crippen LogP contribution >= 0.6 is 0 Å². The SMILES string of the molecule is C[C@@H]1C[C@H](n2c(Nc3ccc(OC(F)(F)F)cc3)nc3cc(OC(Cc4ncccc4C(F)(F)F)C(N)=O)ccc32)CC(C)(C)C1. The number of fused-ring (bicyclic) bond motifs is 1. The number of imidazole rings is 1. The van der Waals surface area contributed by atoms with Crippen molar-refractivity contribution in [1.82, 2.24) is 14.5 Å². The van der Waals surface area contributed by atoms with Crippen molar-refractivity contribution in [2.24, 2.45) is 17.1 Å². The Labute approximate surface area is 260 Å². The zero-order valence-corrected chi connectivity index (χ0v) is 25.2. The van der Waals surface area contributed by atoms with Crippen molar-refractivity contribution in [1.29, 1.82) is 0 Å². The highest BCUT2D eigenvalue weighted by molar-refractivity contribution is 5.82. The number of nitrogens with zero attached hydrogens (tertiary/aromatic N) is 3. The summed E-state index contributed by atoms with van der Waals surface area (Å²) < 4.78 is 90.4. The molecule has 2 heterocycles. The summed E-state index contributed by atoms with van der Waals surface area (Å²) >= 11 is 0. The van der Waals surface area contributed by atoms with Gasteiger partial charge in [-0.25, -0.2) is 4.98 Å². The topological polar surface area (TPSA) is 104 Å². The lowest BCUT2D eigenvalue weighted by Crippen LogP contribution is -2.36. The van der Waals surface area contributed by atoms with Gasteiger partial charge < -0.3 is 25.1 Å². The third-order valence-electron chi connectivity index (χ3n) is 7.90. The molecule has 1 unspecified atom stereocenters. The van der Waals surface area contributed by atoms with Crippen molar-refractivity contribution >= 4 is 28.6 Å². The van der Waals surface area contributed by atoms with E-state index in [4.69, 9.17) is 15.5 Å². The first-order chi connectivity index (χ1) is 21.5. The summed E-state index contributed by atoms with van der Waals surface area (Å²) in [4.78, 5) is 20.9. The number of hydrogen-bond donors (Lipinski definition) is 2. The van der Waals surface area contributed by atoms with Crippen LogP contribution in [0.1, 0.15) is 57.3 Å². The minimum atomic E-state index is -4.82. The quantitative estimate of drug-likeness (QED) is 0.178. The summed E-state index contributed by atoms with van der Waals surface area (Å²) in [6.45, 7) is 6.58. The number of carbonyl (C=O) groups excluding carboxylic acids is 1. The standard InChI is InChI=1S/C32H33F6N5O3/c1-18-13-20(17-30(2,3)16-18)43-26-11-10-22(45-27(28(39)44)15-24-23(31(33,34)35)5-4-12-40-24)14-25(26)42-29(43)41-19-6-8-21(9-7-19)46-32(36,37)38/h4-12,14,18,20,27H,13,15-17H2,1-3H3,(H2,39,44)(H,41,42)/t18-,20+,27?/m1/s1. The number of nitrogens with one attached hydrogen (secondary N) is 1. The van der Waals surface area contributed by atoms with Gasteiger partial charge in [0.1, 0.15) is 11.5 Å². The van der Waals surface area contributed by atoms with Crippen molar-refractivity contribution in [2.45, 2.75) is 71.1 Å². The van der Waals surface area contributed by atoms with Gasteiger partial charge in [0.2, 0.25) is 5.95 Å². The second-order valence-corrected chi connectivity index (χ2v) is 12.4. The van der Waals surface area contributed by atoms with Crippen molar-refractivity contribution in [3.63, 3.8) is 0 Å². The second kappa shape index (κ2) is 12.4. The van der Waals surface area contributed by atoms with Crippen LogP contribution in [0.2, 0.25) is 0 Å². The summed E-state index contributed by atoms with van der Waals surface area (Å²) in [5, 5.41) is 3.21. The summed E-state index contributed by atoms with van der Waals surface area (Å²) in [5.74, 6) is -0.342. The molecule has 1 saturated carbocycles. The Hall–Kier alpha value is -4.49. The molecule has 4 aromatic rings. The lowest BCUT2D eigenvalue weighted by molar-refractivity contribution is -0.274. The molecule has 5 rings (SSSR count). The number of benzene rings is 2. The summed E-state index contributed by atoms with van der Waals surface area (Å²) in [6.07, 6.45) is -7.53. The number of rotatable bonds is 9. The molecular weight excluding hydrogens is 616 g/mol. The van der Waals surface area contributed by atoms with E-state index >= 15 is 0 Å². The van der Waals surface area contributed by atoms with E-state index in [1.165, 1.54) is 30.5 Å². The molecule has 3 atom stereocenters. The predicted octanol–water partition coefficient (Wildman–Crippen LogP) is 7.96. The Morgan fingerprint density at radius 3 is 2.39 bits per heavy atom. The molecule has 1 amide bonds. The first-order valence-electron chi connectivity index (χ1n) is 14.6.